The summed E-state index contributed by atoms with van der Waals surface area (Å²) in [5.41, 5.74) is 2.40. The van der Waals surface area contributed by atoms with Gasteiger partial charge in [-0.1, -0.05) is 19.1 Å². The highest BCUT2D eigenvalue weighted by Gasteiger charge is 2.11. The summed E-state index contributed by atoms with van der Waals surface area (Å²) < 4.78 is 5.16. The summed E-state index contributed by atoms with van der Waals surface area (Å²) in [6, 6.07) is 9.09. The van der Waals surface area contributed by atoms with Crippen LogP contribution < -0.4 is 10.1 Å². The molecule has 0 radical (unpaired) electrons. The molecule has 0 saturated carbocycles. The molecule has 0 unspecified atom stereocenters. The van der Waals surface area contributed by atoms with Gasteiger partial charge in [0.1, 0.15) is 5.75 Å². The molecule has 0 bridgehead atoms. The number of carbonyl (C=O) groups excluding carboxylic acids is 1. The molecule has 5 heteroatoms. The number of benzene rings is 1. The summed E-state index contributed by atoms with van der Waals surface area (Å²) in [5.74, 6) is 0.406. The van der Waals surface area contributed by atoms with Crippen molar-refractivity contribution in [3.05, 3.63) is 47.3 Å². The second kappa shape index (κ2) is 6.04. The summed E-state index contributed by atoms with van der Waals surface area (Å²) in [5, 5.41) is 9.85. The number of carbonyl (C=O) groups is 1. The molecule has 1 amide bonds. The second-order valence-electron chi connectivity index (χ2n) is 4.12. The third kappa shape index (κ3) is 3.13. The van der Waals surface area contributed by atoms with Crippen LogP contribution in [0.1, 0.15) is 28.7 Å². The number of hydrogen-bond donors (Lipinski definition) is 2. The molecule has 2 rings (SSSR count). The van der Waals surface area contributed by atoms with Crippen molar-refractivity contribution < 1.29 is 9.53 Å². The Labute approximate surface area is 112 Å². The molecule has 0 fully saturated rings. The Morgan fingerprint density at radius 3 is 2.89 bits per heavy atom. The highest BCUT2D eigenvalue weighted by atomic mass is 16.5. The maximum absolute atomic E-state index is 12.0. The first-order chi connectivity index (χ1) is 9.24. The van der Waals surface area contributed by atoms with Crippen LogP contribution in [0.15, 0.2) is 30.3 Å². The maximum atomic E-state index is 12.0. The molecule has 1 heterocycles. The SMILES string of the molecule is CCc1cc(CNC(=O)c2ccccc2OC)[nH]n1. The van der Waals surface area contributed by atoms with Gasteiger partial charge in [-0.2, -0.15) is 5.10 Å². The standard InChI is InChI=1S/C14H17N3O2/c1-3-10-8-11(17-16-10)9-15-14(18)12-6-4-5-7-13(12)19-2/h4-8H,3,9H2,1-2H3,(H,15,18)(H,16,17). The van der Waals surface area contributed by atoms with E-state index in [1.807, 2.05) is 25.1 Å². The molecule has 19 heavy (non-hydrogen) atoms. The Hall–Kier alpha value is -2.30. The van der Waals surface area contributed by atoms with Crippen LogP contribution in [0.4, 0.5) is 0 Å². The Bertz CT molecular complexity index is 563. The van der Waals surface area contributed by atoms with Crippen molar-refractivity contribution in [2.24, 2.45) is 0 Å². The first-order valence-electron chi connectivity index (χ1n) is 6.19. The predicted octanol–water partition coefficient (Wildman–Crippen LogP) is 1.91. The van der Waals surface area contributed by atoms with Crippen molar-refractivity contribution in [3.8, 4) is 5.75 Å². The molecule has 2 aromatic rings. The summed E-state index contributed by atoms with van der Waals surface area (Å²) in [7, 11) is 1.55. The quantitative estimate of drug-likeness (QED) is 0.862. The molecule has 0 aliphatic rings. The molecule has 0 atom stereocenters. The van der Waals surface area contributed by atoms with Gasteiger partial charge in [0.2, 0.25) is 0 Å². The van der Waals surface area contributed by atoms with Crippen molar-refractivity contribution in [2.45, 2.75) is 19.9 Å². The minimum absolute atomic E-state index is 0.162. The fourth-order valence-corrected chi connectivity index (χ4v) is 1.78. The third-order valence-electron chi connectivity index (χ3n) is 2.84. The number of rotatable bonds is 5. The van der Waals surface area contributed by atoms with E-state index in [1.54, 1.807) is 19.2 Å². The second-order valence-corrected chi connectivity index (χ2v) is 4.12. The largest absolute Gasteiger partial charge is 0.496 e. The number of aromatic nitrogens is 2. The Balaban J connectivity index is 2.01. The van der Waals surface area contributed by atoms with Gasteiger partial charge in [-0.3, -0.25) is 9.89 Å². The van der Waals surface area contributed by atoms with Crippen molar-refractivity contribution in [2.75, 3.05) is 7.11 Å². The summed E-state index contributed by atoms with van der Waals surface area (Å²) >= 11 is 0. The van der Waals surface area contributed by atoms with E-state index >= 15 is 0 Å². The highest BCUT2D eigenvalue weighted by Crippen LogP contribution is 2.16. The highest BCUT2D eigenvalue weighted by molar-refractivity contribution is 5.96. The molecular weight excluding hydrogens is 242 g/mol. The first-order valence-corrected chi connectivity index (χ1v) is 6.19. The molecular formula is C14H17N3O2. The molecule has 0 aliphatic carbocycles. The molecule has 2 N–H and O–H groups in total. The number of amides is 1. The van der Waals surface area contributed by atoms with E-state index in [9.17, 15) is 4.79 Å². The third-order valence-corrected chi connectivity index (χ3v) is 2.84. The minimum atomic E-state index is -0.162. The number of hydrogen-bond acceptors (Lipinski definition) is 3. The van der Waals surface area contributed by atoms with Gasteiger partial charge in [0.15, 0.2) is 0 Å². The summed E-state index contributed by atoms with van der Waals surface area (Å²) in [6.07, 6.45) is 0.872. The van der Waals surface area contributed by atoms with Crippen LogP contribution in [-0.2, 0) is 13.0 Å². The van der Waals surface area contributed by atoms with Crippen LogP contribution >= 0.6 is 0 Å². The number of para-hydroxylation sites is 1. The average Bonchev–Trinajstić information content (AvgIpc) is 2.92. The molecule has 0 saturated heterocycles. The molecule has 5 nitrogen and oxygen atoms in total. The van der Waals surface area contributed by atoms with Gasteiger partial charge in [0, 0.05) is 0 Å². The fraction of sp³-hybridized carbons (Fsp3) is 0.286. The van der Waals surface area contributed by atoms with Crippen LogP contribution in [0.5, 0.6) is 5.75 Å². The Morgan fingerprint density at radius 1 is 1.42 bits per heavy atom. The average molecular weight is 259 g/mol. The van der Waals surface area contributed by atoms with E-state index in [-0.39, 0.29) is 5.91 Å². The normalized spacial score (nSPS) is 10.2. The first kappa shape index (κ1) is 13.1. The van der Waals surface area contributed by atoms with Gasteiger partial charge in [-0.15, -0.1) is 0 Å². The van der Waals surface area contributed by atoms with Gasteiger partial charge in [0.25, 0.3) is 5.91 Å². The van der Waals surface area contributed by atoms with Gasteiger partial charge >= 0.3 is 0 Å². The zero-order chi connectivity index (χ0) is 13.7. The lowest BCUT2D eigenvalue weighted by molar-refractivity contribution is 0.0947. The van der Waals surface area contributed by atoms with Crippen molar-refractivity contribution in [1.29, 1.82) is 0 Å². The number of H-pyrrole nitrogens is 1. The smallest absolute Gasteiger partial charge is 0.255 e. The molecule has 0 spiro atoms. The molecule has 1 aromatic heterocycles. The van der Waals surface area contributed by atoms with Gasteiger partial charge < -0.3 is 10.1 Å². The number of ether oxygens (including phenoxy) is 1. The number of nitrogens with zero attached hydrogens (tertiary/aromatic N) is 1. The number of aryl methyl sites for hydroxylation is 1. The number of methoxy groups -OCH3 is 1. The number of nitrogens with one attached hydrogen (secondary N) is 2. The van der Waals surface area contributed by atoms with E-state index in [0.717, 1.165) is 17.8 Å². The molecule has 1 aromatic carbocycles. The molecule has 0 aliphatic heterocycles. The van der Waals surface area contributed by atoms with Gasteiger partial charge in [0.05, 0.1) is 30.6 Å². The lowest BCUT2D eigenvalue weighted by Crippen LogP contribution is -2.23. The van der Waals surface area contributed by atoms with Crippen molar-refractivity contribution >= 4 is 5.91 Å². The van der Waals surface area contributed by atoms with Crippen LogP contribution in [0, 0.1) is 0 Å². The zero-order valence-electron chi connectivity index (χ0n) is 11.1. The zero-order valence-corrected chi connectivity index (χ0v) is 11.1. The number of aromatic amines is 1. The lowest BCUT2D eigenvalue weighted by Gasteiger charge is -2.08. The van der Waals surface area contributed by atoms with Gasteiger partial charge in [-0.05, 0) is 24.6 Å². The Kier molecular flexibility index (Phi) is 4.18. The fourth-order valence-electron chi connectivity index (χ4n) is 1.78. The molecule has 100 valence electrons. The predicted molar refractivity (Wildman–Crippen MR) is 72.1 cm³/mol. The van der Waals surface area contributed by atoms with E-state index in [2.05, 4.69) is 15.5 Å². The summed E-state index contributed by atoms with van der Waals surface area (Å²) in [4.78, 5) is 12.0. The van der Waals surface area contributed by atoms with E-state index in [4.69, 9.17) is 4.74 Å². The van der Waals surface area contributed by atoms with Crippen molar-refractivity contribution in [3.63, 3.8) is 0 Å². The van der Waals surface area contributed by atoms with Crippen LogP contribution in [-0.4, -0.2) is 23.2 Å². The van der Waals surface area contributed by atoms with Crippen LogP contribution in [0.25, 0.3) is 0 Å². The van der Waals surface area contributed by atoms with E-state index in [1.165, 1.54) is 0 Å². The minimum Gasteiger partial charge on any atom is -0.496 e. The maximum Gasteiger partial charge on any atom is 0.255 e. The van der Waals surface area contributed by atoms with Gasteiger partial charge in [-0.25, -0.2) is 0 Å². The van der Waals surface area contributed by atoms with E-state index in [0.29, 0.717) is 17.9 Å². The topological polar surface area (TPSA) is 67.0 Å². The lowest BCUT2D eigenvalue weighted by atomic mass is 10.2. The van der Waals surface area contributed by atoms with E-state index < -0.39 is 0 Å². The summed E-state index contributed by atoms with van der Waals surface area (Å²) in [6.45, 7) is 2.46. The Morgan fingerprint density at radius 2 is 2.21 bits per heavy atom. The van der Waals surface area contributed by atoms with Crippen molar-refractivity contribution in [1.82, 2.24) is 15.5 Å². The van der Waals surface area contributed by atoms with Crippen LogP contribution in [0.2, 0.25) is 0 Å². The monoisotopic (exact) mass is 259 g/mol. The van der Waals surface area contributed by atoms with Crippen LogP contribution in [0.3, 0.4) is 0 Å².